The van der Waals surface area contributed by atoms with Crippen molar-refractivity contribution in [1.29, 1.82) is 0 Å². The monoisotopic (exact) mass is 428 g/mol. The van der Waals surface area contributed by atoms with Crippen molar-refractivity contribution in [2.24, 2.45) is 0 Å². The van der Waals surface area contributed by atoms with Crippen molar-refractivity contribution < 1.29 is 9.53 Å². The van der Waals surface area contributed by atoms with Crippen molar-refractivity contribution in [2.45, 2.75) is 92.1 Å². The number of hydrogen-bond acceptors (Lipinski definition) is 2. The van der Waals surface area contributed by atoms with Gasteiger partial charge in [0.05, 0.1) is 0 Å². The number of unbranched alkanes of at least 4 members (excludes halogenated alkanes) is 3. The molecule has 0 aromatic rings. The summed E-state index contributed by atoms with van der Waals surface area (Å²) >= 11 is -2.31. The maximum absolute atomic E-state index is 11.7. The summed E-state index contributed by atoms with van der Waals surface area (Å²) in [5.74, 6) is -0.203. The van der Waals surface area contributed by atoms with Crippen molar-refractivity contribution in [1.82, 2.24) is 0 Å². The predicted octanol–water partition coefficient (Wildman–Crippen LogP) is 6.19. The van der Waals surface area contributed by atoms with Gasteiger partial charge < -0.3 is 0 Å². The molecule has 0 aromatic carbocycles. The van der Waals surface area contributed by atoms with Gasteiger partial charge in [-0.1, -0.05) is 0 Å². The van der Waals surface area contributed by atoms with Crippen LogP contribution in [0.1, 0.15) is 72.6 Å². The molecule has 0 radical (unpaired) electrons. The second-order valence-electron chi connectivity index (χ2n) is 7.22. The topological polar surface area (TPSA) is 26.3 Å². The SMILES string of the molecule is C=C1C/C(=[CH]/[Sn]([CH2]CCC)([CH2]CCC)[CH2]CCC)C(C)OC1=O. The molecule has 0 aliphatic carbocycles. The van der Waals surface area contributed by atoms with E-state index in [1.807, 2.05) is 6.92 Å². The molecular weight excluding hydrogens is 391 g/mol. The molecule has 1 fully saturated rings. The Balaban J connectivity index is 3.05. The van der Waals surface area contributed by atoms with Gasteiger partial charge in [-0.25, -0.2) is 0 Å². The van der Waals surface area contributed by atoms with E-state index in [4.69, 9.17) is 4.74 Å². The van der Waals surface area contributed by atoms with E-state index in [2.05, 4.69) is 31.4 Å². The molecule has 1 atom stereocenters. The first kappa shape index (κ1) is 20.8. The van der Waals surface area contributed by atoms with Crippen molar-refractivity contribution in [2.75, 3.05) is 0 Å². The van der Waals surface area contributed by atoms with Crippen LogP contribution in [0.5, 0.6) is 0 Å². The van der Waals surface area contributed by atoms with Crippen LogP contribution >= 0.6 is 0 Å². The molecule has 0 saturated carbocycles. The Morgan fingerprint density at radius 2 is 1.57 bits per heavy atom. The minimum absolute atomic E-state index is 0.0473. The van der Waals surface area contributed by atoms with Gasteiger partial charge in [0.15, 0.2) is 0 Å². The molecule has 2 nitrogen and oxygen atoms in total. The van der Waals surface area contributed by atoms with Crippen LogP contribution in [0.15, 0.2) is 21.8 Å². The molecule has 1 aliphatic heterocycles. The summed E-state index contributed by atoms with van der Waals surface area (Å²) in [6.45, 7) is 12.8. The Labute approximate surface area is 147 Å². The zero-order valence-corrected chi connectivity index (χ0v) is 18.6. The molecule has 1 aliphatic rings. The van der Waals surface area contributed by atoms with Gasteiger partial charge in [0.25, 0.3) is 0 Å². The van der Waals surface area contributed by atoms with Crippen LogP contribution in [0.4, 0.5) is 0 Å². The molecule has 0 bridgehead atoms. The van der Waals surface area contributed by atoms with E-state index >= 15 is 0 Å². The zero-order valence-electron chi connectivity index (χ0n) is 15.7. The number of ether oxygens (including phenoxy) is 1. The average molecular weight is 427 g/mol. The molecule has 132 valence electrons. The Kier molecular flexibility index (Phi) is 9.56. The van der Waals surface area contributed by atoms with Crippen LogP contribution in [0.2, 0.25) is 13.3 Å². The fourth-order valence-electron chi connectivity index (χ4n) is 3.52. The first-order chi connectivity index (χ1) is 11.0. The van der Waals surface area contributed by atoms with Gasteiger partial charge in [0.1, 0.15) is 0 Å². The molecule has 0 spiro atoms. The molecule has 1 rings (SSSR count). The molecule has 1 saturated heterocycles. The average Bonchev–Trinajstić information content (AvgIpc) is 2.53. The zero-order chi connectivity index (χ0) is 17.3. The van der Waals surface area contributed by atoms with Gasteiger partial charge in [-0.05, 0) is 0 Å². The number of rotatable bonds is 10. The molecular formula is C20H36O2Sn. The molecule has 23 heavy (non-hydrogen) atoms. The Morgan fingerprint density at radius 3 is 2.00 bits per heavy atom. The van der Waals surface area contributed by atoms with Gasteiger partial charge in [-0.3, -0.25) is 0 Å². The third-order valence-corrected chi connectivity index (χ3v) is 19.4. The van der Waals surface area contributed by atoms with Crippen LogP contribution in [0, 0.1) is 0 Å². The van der Waals surface area contributed by atoms with Crippen molar-refractivity contribution in [3.63, 3.8) is 0 Å². The first-order valence-electron chi connectivity index (χ1n) is 9.58. The molecule has 1 unspecified atom stereocenters. The standard InChI is InChI=1S/C8H9O2.3C4H9.Sn/c1-5-4-6(2)8(9)10-7(5)3;3*1-3-4-2;/h1,7H,2,4H2,3H3;3*1,3-4H2,2H3;. The fourth-order valence-corrected chi connectivity index (χ4v) is 19.2. The quantitative estimate of drug-likeness (QED) is 0.236. The second-order valence-corrected chi connectivity index (χ2v) is 20.1. The second kappa shape index (κ2) is 10.6. The van der Waals surface area contributed by atoms with E-state index < -0.39 is 18.4 Å². The van der Waals surface area contributed by atoms with Crippen molar-refractivity contribution in [3.05, 3.63) is 21.8 Å². The number of esters is 1. The van der Waals surface area contributed by atoms with Crippen LogP contribution in [-0.4, -0.2) is 30.5 Å². The Bertz CT molecular complexity index is 404. The van der Waals surface area contributed by atoms with Crippen LogP contribution in [0.25, 0.3) is 0 Å². The summed E-state index contributed by atoms with van der Waals surface area (Å²) < 4.78 is 12.6. The number of hydrogen-bond donors (Lipinski definition) is 0. The number of carbonyl (C=O) groups is 1. The summed E-state index contributed by atoms with van der Waals surface area (Å²) in [4.78, 5) is 11.7. The Hall–Kier alpha value is -0.251. The first-order valence-corrected chi connectivity index (χ1v) is 17.3. The number of cyclic esters (lactones) is 1. The normalized spacial score (nSPS) is 20.9. The van der Waals surface area contributed by atoms with Gasteiger partial charge >= 0.3 is 148 Å². The summed E-state index contributed by atoms with van der Waals surface area (Å²) in [6, 6.07) is 0. The minimum atomic E-state index is -2.31. The third kappa shape index (κ3) is 6.64. The van der Waals surface area contributed by atoms with Crippen LogP contribution in [0.3, 0.4) is 0 Å². The van der Waals surface area contributed by atoms with E-state index in [1.54, 1.807) is 0 Å². The van der Waals surface area contributed by atoms with E-state index in [1.165, 1.54) is 57.4 Å². The summed E-state index contributed by atoms with van der Waals surface area (Å²) in [6.07, 6.45) is 8.65. The molecule has 1 heterocycles. The summed E-state index contributed by atoms with van der Waals surface area (Å²) in [5.41, 5.74) is 1.99. The van der Waals surface area contributed by atoms with E-state index in [0.717, 1.165) is 6.42 Å². The van der Waals surface area contributed by atoms with Crippen LogP contribution < -0.4 is 0 Å². The van der Waals surface area contributed by atoms with Gasteiger partial charge in [-0.2, -0.15) is 0 Å². The molecule has 0 N–H and O–H groups in total. The van der Waals surface area contributed by atoms with E-state index in [-0.39, 0.29) is 12.1 Å². The molecule has 0 aromatic heterocycles. The predicted molar refractivity (Wildman–Crippen MR) is 102 cm³/mol. The molecule has 0 amide bonds. The third-order valence-electron chi connectivity index (χ3n) is 5.09. The van der Waals surface area contributed by atoms with Gasteiger partial charge in [-0.15, -0.1) is 0 Å². The fraction of sp³-hybridized carbons (Fsp3) is 0.750. The van der Waals surface area contributed by atoms with Gasteiger partial charge in [0.2, 0.25) is 0 Å². The summed E-state index contributed by atoms with van der Waals surface area (Å²) in [7, 11) is 0. The summed E-state index contributed by atoms with van der Waals surface area (Å²) in [5, 5.41) is 0. The van der Waals surface area contributed by atoms with E-state index in [0.29, 0.717) is 5.57 Å². The van der Waals surface area contributed by atoms with Crippen molar-refractivity contribution in [3.8, 4) is 0 Å². The van der Waals surface area contributed by atoms with E-state index in [9.17, 15) is 4.79 Å². The maximum atomic E-state index is 11.7. The Morgan fingerprint density at radius 1 is 1.09 bits per heavy atom. The van der Waals surface area contributed by atoms with Gasteiger partial charge in [0, 0.05) is 0 Å². The number of carbonyl (C=O) groups excluding carboxylic acids is 1. The van der Waals surface area contributed by atoms with Crippen LogP contribution in [-0.2, 0) is 9.53 Å². The molecule has 3 heteroatoms. The van der Waals surface area contributed by atoms with Crippen molar-refractivity contribution >= 4 is 24.3 Å².